The number of aldehydes is 1. The predicted molar refractivity (Wildman–Crippen MR) is 60.1 cm³/mol. The molecule has 0 aliphatic carbocycles. The zero-order chi connectivity index (χ0) is 11.1. The molecule has 0 unspecified atom stereocenters. The number of rotatable bonds is 3. The lowest BCUT2D eigenvalue weighted by molar-refractivity contribution is 0.112. The highest BCUT2D eigenvalue weighted by Gasteiger charge is 1.99. The first-order chi connectivity index (χ1) is 7.27. The third-order valence-corrected chi connectivity index (χ3v) is 1.95. The first-order valence-corrected chi connectivity index (χ1v) is 4.92. The van der Waals surface area contributed by atoms with E-state index in [1.54, 1.807) is 12.1 Å². The molecule has 0 atom stereocenters. The molecule has 0 saturated heterocycles. The molecule has 1 aromatic rings. The molecule has 0 aliphatic heterocycles. The van der Waals surface area contributed by atoms with E-state index in [0.29, 0.717) is 12.2 Å². The summed E-state index contributed by atoms with van der Waals surface area (Å²) in [7, 11) is 0. The van der Waals surface area contributed by atoms with Crippen LogP contribution >= 0.6 is 0 Å². The van der Waals surface area contributed by atoms with Gasteiger partial charge in [-0.1, -0.05) is 25.0 Å². The van der Waals surface area contributed by atoms with E-state index in [-0.39, 0.29) is 0 Å². The maximum absolute atomic E-state index is 10.6. The summed E-state index contributed by atoms with van der Waals surface area (Å²) in [5, 5.41) is 0. The van der Waals surface area contributed by atoms with Crippen LogP contribution in [0.3, 0.4) is 0 Å². The second-order valence-electron chi connectivity index (χ2n) is 3.14. The molecule has 0 aromatic heterocycles. The molecule has 1 aromatic carbocycles. The molecular weight excluding hydrogens is 188 g/mol. The van der Waals surface area contributed by atoms with Crippen molar-refractivity contribution in [1.82, 2.24) is 0 Å². The molecule has 0 bridgehead atoms. The Kier molecular flexibility index (Phi) is 4.43. The topological polar surface area (TPSA) is 26.3 Å². The van der Waals surface area contributed by atoms with E-state index >= 15 is 0 Å². The van der Waals surface area contributed by atoms with Gasteiger partial charge in [0.2, 0.25) is 0 Å². The highest BCUT2D eigenvalue weighted by Crippen LogP contribution is 2.18. The SMILES string of the molecule is CCC#CCOc1cc(C=O)ccc1C. The fraction of sp³-hybridized carbons (Fsp3) is 0.308. The Bertz CT molecular complexity index is 397. The van der Waals surface area contributed by atoms with Crippen molar-refractivity contribution in [3.63, 3.8) is 0 Å². The normalized spacial score (nSPS) is 8.93. The van der Waals surface area contributed by atoms with Gasteiger partial charge in [0.1, 0.15) is 18.6 Å². The van der Waals surface area contributed by atoms with Crippen LogP contribution in [0.15, 0.2) is 18.2 Å². The number of hydrogen-bond acceptors (Lipinski definition) is 2. The first-order valence-electron chi connectivity index (χ1n) is 4.92. The molecule has 2 nitrogen and oxygen atoms in total. The summed E-state index contributed by atoms with van der Waals surface area (Å²) in [5.74, 6) is 6.54. The summed E-state index contributed by atoms with van der Waals surface area (Å²) < 4.78 is 5.45. The van der Waals surface area contributed by atoms with Crippen LogP contribution in [0, 0.1) is 18.8 Å². The van der Waals surface area contributed by atoms with Gasteiger partial charge in [0.15, 0.2) is 0 Å². The van der Waals surface area contributed by atoms with Crippen LogP contribution in [0.1, 0.15) is 29.3 Å². The minimum atomic E-state index is 0.372. The van der Waals surface area contributed by atoms with E-state index in [9.17, 15) is 4.79 Å². The van der Waals surface area contributed by atoms with E-state index in [4.69, 9.17) is 4.74 Å². The third-order valence-electron chi connectivity index (χ3n) is 1.95. The number of benzene rings is 1. The van der Waals surface area contributed by atoms with Gasteiger partial charge in [-0.3, -0.25) is 4.79 Å². The standard InChI is InChI=1S/C13H14O2/c1-3-4-5-8-15-13-9-12(10-14)7-6-11(13)2/h6-7,9-10H,3,8H2,1-2H3. The maximum Gasteiger partial charge on any atom is 0.150 e. The zero-order valence-corrected chi connectivity index (χ0v) is 9.04. The molecule has 0 saturated carbocycles. The summed E-state index contributed by atoms with van der Waals surface area (Å²) >= 11 is 0. The van der Waals surface area contributed by atoms with Gasteiger partial charge in [-0.25, -0.2) is 0 Å². The second kappa shape index (κ2) is 5.87. The molecule has 0 N–H and O–H groups in total. The van der Waals surface area contributed by atoms with Crippen LogP contribution in [-0.4, -0.2) is 12.9 Å². The lowest BCUT2D eigenvalue weighted by Crippen LogP contribution is -1.96. The van der Waals surface area contributed by atoms with Crippen LogP contribution in [0.5, 0.6) is 5.75 Å². The van der Waals surface area contributed by atoms with Gasteiger partial charge in [0, 0.05) is 12.0 Å². The fourth-order valence-electron chi connectivity index (χ4n) is 1.14. The maximum atomic E-state index is 10.6. The van der Waals surface area contributed by atoms with Gasteiger partial charge >= 0.3 is 0 Å². The lowest BCUT2D eigenvalue weighted by atomic mass is 10.1. The molecule has 0 fully saturated rings. The lowest BCUT2D eigenvalue weighted by Gasteiger charge is -2.06. The van der Waals surface area contributed by atoms with Crippen LogP contribution in [0.4, 0.5) is 0 Å². The van der Waals surface area contributed by atoms with E-state index < -0.39 is 0 Å². The first kappa shape index (κ1) is 11.3. The average molecular weight is 202 g/mol. The van der Waals surface area contributed by atoms with Gasteiger partial charge in [-0.15, -0.1) is 5.92 Å². The van der Waals surface area contributed by atoms with Crippen molar-refractivity contribution in [3.8, 4) is 17.6 Å². The van der Waals surface area contributed by atoms with E-state index in [1.165, 1.54) is 0 Å². The summed E-state index contributed by atoms with van der Waals surface area (Å²) in [5.41, 5.74) is 1.64. The Labute approximate surface area is 90.3 Å². The predicted octanol–water partition coefficient (Wildman–Crippen LogP) is 2.60. The number of ether oxygens (including phenoxy) is 1. The van der Waals surface area contributed by atoms with Gasteiger partial charge in [-0.2, -0.15) is 0 Å². The molecule has 0 aliphatic rings. The van der Waals surface area contributed by atoms with Crippen LogP contribution in [0.25, 0.3) is 0 Å². The number of aryl methyl sites for hydroxylation is 1. The van der Waals surface area contributed by atoms with Crippen LogP contribution in [0.2, 0.25) is 0 Å². The average Bonchev–Trinajstić information content (AvgIpc) is 2.26. The highest BCUT2D eigenvalue weighted by atomic mass is 16.5. The molecule has 0 amide bonds. The van der Waals surface area contributed by atoms with E-state index in [1.807, 2.05) is 19.9 Å². The molecule has 0 radical (unpaired) electrons. The van der Waals surface area contributed by atoms with Crippen molar-refractivity contribution in [2.24, 2.45) is 0 Å². The third kappa shape index (κ3) is 3.47. The van der Waals surface area contributed by atoms with Gasteiger partial charge < -0.3 is 4.74 Å². The van der Waals surface area contributed by atoms with E-state index in [0.717, 1.165) is 24.0 Å². The van der Waals surface area contributed by atoms with Gasteiger partial charge in [0.05, 0.1) is 0 Å². The van der Waals surface area contributed by atoms with Crippen molar-refractivity contribution < 1.29 is 9.53 Å². The van der Waals surface area contributed by atoms with Crippen LogP contribution < -0.4 is 4.74 Å². The zero-order valence-electron chi connectivity index (χ0n) is 9.04. The quantitative estimate of drug-likeness (QED) is 0.556. The monoisotopic (exact) mass is 202 g/mol. The second-order valence-corrected chi connectivity index (χ2v) is 3.14. The largest absolute Gasteiger partial charge is 0.481 e. The van der Waals surface area contributed by atoms with Gasteiger partial charge in [0.25, 0.3) is 0 Å². The minimum absolute atomic E-state index is 0.372. The Balaban J connectivity index is 2.70. The molecule has 0 spiro atoms. The summed E-state index contributed by atoms with van der Waals surface area (Å²) in [4.78, 5) is 10.6. The summed E-state index contributed by atoms with van der Waals surface area (Å²) in [6, 6.07) is 5.37. The number of carbonyl (C=O) groups is 1. The van der Waals surface area contributed by atoms with Crippen molar-refractivity contribution in [3.05, 3.63) is 29.3 Å². The molecule has 0 heterocycles. The van der Waals surface area contributed by atoms with Crippen molar-refractivity contribution in [2.75, 3.05) is 6.61 Å². The molecule has 1 rings (SSSR count). The molecule has 15 heavy (non-hydrogen) atoms. The van der Waals surface area contributed by atoms with Crippen LogP contribution in [-0.2, 0) is 0 Å². The fourth-order valence-corrected chi connectivity index (χ4v) is 1.14. The molecule has 78 valence electrons. The van der Waals surface area contributed by atoms with E-state index in [2.05, 4.69) is 11.8 Å². The molecular formula is C13H14O2. The Morgan fingerprint density at radius 1 is 1.40 bits per heavy atom. The van der Waals surface area contributed by atoms with Crippen molar-refractivity contribution >= 4 is 6.29 Å². The number of hydrogen-bond donors (Lipinski definition) is 0. The van der Waals surface area contributed by atoms with Crippen molar-refractivity contribution in [1.29, 1.82) is 0 Å². The summed E-state index contributed by atoms with van der Waals surface area (Å²) in [6.07, 6.45) is 1.64. The summed E-state index contributed by atoms with van der Waals surface area (Å²) in [6.45, 7) is 4.30. The number of carbonyl (C=O) groups excluding carboxylic acids is 1. The van der Waals surface area contributed by atoms with Crippen molar-refractivity contribution in [2.45, 2.75) is 20.3 Å². The Morgan fingerprint density at radius 2 is 2.20 bits per heavy atom. The Hall–Kier alpha value is -1.75. The molecule has 2 heteroatoms. The smallest absolute Gasteiger partial charge is 0.150 e. The highest BCUT2D eigenvalue weighted by molar-refractivity contribution is 5.75. The minimum Gasteiger partial charge on any atom is -0.481 e. The van der Waals surface area contributed by atoms with Gasteiger partial charge in [-0.05, 0) is 18.6 Å². The Morgan fingerprint density at radius 3 is 2.87 bits per heavy atom.